The molecule has 0 saturated heterocycles. The molecule has 3 aromatic rings. The Bertz CT molecular complexity index is 1100. The molecular weight excluding hydrogens is 468 g/mol. The molecule has 34 heavy (non-hydrogen) atoms. The second-order valence-corrected chi connectivity index (χ2v) is 9.65. The molecule has 6 nitrogen and oxygen atoms in total. The lowest BCUT2D eigenvalue weighted by molar-refractivity contribution is -0.125. The van der Waals surface area contributed by atoms with E-state index in [0.717, 1.165) is 53.4 Å². The first-order valence-corrected chi connectivity index (χ1v) is 13.1. The third-order valence-corrected chi connectivity index (χ3v) is 7.04. The van der Waals surface area contributed by atoms with E-state index in [1.807, 2.05) is 47.9 Å². The summed E-state index contributed by atoms with van der Waals surface area (Å²) in [6.07, 6.45) is 3.86. The van der Waals surface area contributed by atoms with E-state index >= 15 is 0 Å². The van der Waals surface area contributed by atoms with Gasteiger partial charge in [0.2, 0.25) is 5.91 Å². The van der Waals surface area contributed by atoms with Crippen LogP contribution in [-0.4, -0.2) is 27.8 Å². The van der Waals surface area contributed by atoms with E-state index in [1.54, 1.807) is 18.9 Å². The first-order chi connectivity index (χ1) is 16.5. The van der Waals surface area contributed by atoms with Crippen molar-refractivity contribution in [3.63, 3.8) is 0 Å². The van der Waals surface area contributed by atoms with Gasteiger partial charge in [-0.15, -0.1) is 10.2 Å². The van der Waals surface area contributed by atoms with Gasteiger partial charge in [-0.25, -0.2) is 0 Å². The van der Waals surface area contributed by atoms with Gasteiger partial charge in [0.25, 0.3) is 0 Å². The van der Waals surface area contributed by atoms with Gasteiger partial charge in [-0.05, 0) is 55.2 Å². The van der Waals surface area contributed by atoms with Crippen molar-refractivity contribution in [1.82, 2.24) is 20.1 Å². The second-order valence-electron chi connectivity index (χ2n) is 8.27. The Morgan fingerprint density at radius 1 is 1.21 bits per heavy atom. The SMILES string of the molecule is CCCCC(CC)C(=O)NCc1nnc(SCc2cccc(OC)c2)n1-c1cc(Cl)ccc1C. The number of nitrogens with one attached hydrogen (secondary N) is 1. The number of nitrogens with zero attached hydrogens (tertiary/aromatic N) is 3. The Morgan fingerprint density at radius 2 is 2.03 bits per heavy atom. The van der Waals surface area contributed by atoms with Crippen LogP contribution in [0.25, 0.3) is 5.69 Å². The van der Waals surface area contributed by atoms with Gasteiger partial charge in [-0.3, -0.25) is 9.36 Å². The topological polar surface area (TPSA) is 69.0 Å². The number of halogens is 1. The lowest BCUT2D eigenvalue weighted by atomic mass is 9.98. The molecule has 0 bridgehead atoms. The van der Waals surface area contributed by atoms with Crippen molar-refractivity contribution in [2.75, 3.05) is 7.11 Å². The van der Waals surface area contributed by atoms with Gasteiger partial charge < -0.3 is 10.1 Å². The molecular formula is C26H33ClN4O2S. The fraction of sp³-hybridized carbons (Fsp3) is 0.423. The van der Waals surface area contributed by atoms with Crippen LogP contribution in [0.1, 0.15) is 56.5 Å². The van der Waals surface area contributed by atoms with E-state index in [9.17, 15) is 4.79 Å². The maximum Gasteiger partial charge on any atom is 0.223 e. The molecule has 1 unspecified atom stereocenters. The maximum absolute atomic E-state index is 12.8. The van der Waals surface area contributed by atoms with Crippen LogP contribution in [0.15, 0.2) is 47.6 Å². The zero-order valence-electron chi connectivity index (χ0n) is 20.3. The van der Waals surface area contributed by atoms with Crippen LogP contribution >= 0.6 is 23.4 Å². The molecule has 2 aromatic carbocycles. The number of aryl methyl sites for hydroxylation is 1. The van der Waals surface area contributed by atoms with Crippen LogP contribution in [0.3, 0.4) is 0 Å². The van der Waals surface area contributed by atoms with Crippen molar-refractivity contribution in [3.8, 4) is 11.4 Å². The number of hydrogen-bond acceptors (Lipinski definition) is 5. The highest BCUT2D eigenvalue weighted by Crippen LogP contribution is 2.29. The predicted molar refractivity (Wildman–Crippen MR) is 139 cm³/mol. The number of hydrogen-bond donors (Lipinski definition) is 1. The number of aromatic nitrogens is 3. The molecule has 3 rings (SSSR count). The maximum atomic E-state index is 12.8. The third kappa shape index (κ3) is 6.76. The van der Waals surface area contributed by atoms with Crippen molar-refractivity contribution in [2.24, 2.45) is 5.92 Å². The molecule has 1 atom stereocenters. The van der Waals surface area contributed by atoms with Gasteiger partial charge >= 0.3 is 0 Å². The monoisotopic (exact) mass is 500 g/mol. The van der Waals surface area contributed by atoms with Crippen LogP contribution in [0, 0.1) is 12.8 Å². The molecule has 0 saturated carbocycles. The summed E-state index contributed by atoms with van der Waals surface area (Å²) in [6.45, 7) is 6.54. The number of thioether (sulfide) groups is 1. The molecule has 0 aliphatic carbocycles. The lowest BCUT2D eigenvalue weighted by Crippen LogP contribution is -2.31. The first-order valence-electron chi connectivity index (χ1n) is 11.7. The number of unbranched alkanes of at least 4 members (excludes halogenated alkanes) is 1. The van der Waals surface area contributed by atoms with Crippen molar-refractivity contribution >= 4 is 29.3 Å². The number of amides is 1. The Morgan fingerprint density at radius 3 is 2.76 bits per heavy atom. The highest BCUT2D eigenvalue weighted by molar-refractivity contribution is 7.98. The van der Waals surface area contributed by atoms with Crippen LogP contribution in [0.2, 0.25) is 5.02 Å². The molecule has 1 N–H and O–H groups in total. The number of carbonyl (C=O) groups excluding carboxylic acids is 1. The van der Waals surface area contributed by atoms with Gasteiger partial charge in [-0.1, -0.05) is 68.3 Å². The fourth-order valence-corrected chi connectivity index (χ4v) is 4.84. The van der Waals surface area contributed by atoms with Crippen molar-refractivity contribution in [1.29, 1.82) is 0 Å². The van der Waals surface area contributed by atoms with Crippen molar-refractivity contribution in [3.05, 3.63) is 64.4 Å². The van der Waals surface area contributed by atoms with Crippen molar-refractivity contribution in [2.45, 2.75) is 63.9 Å². The highest BCUT2D eigenvalue weighted by Gasteiger charge is 2.20. The molecule has 1 aromatic heterocycles. The standard InChI is InChI=1S/C26H33ClN4O2S/c1-5-7-10-20(6-2)25(32)28-16-24-29-30-26(31(24)23-15-21(27)13-12-18(23)3)34-17-19-9-8-11-22(14-19)33-4/h8-9,11-15,20H,5-7,10,16-17H2,1-4H3,(H,28,32). The van der Waals surface area contributed by atoms with Crippen LogP contribution in [0.4, 0.5) is 0 Å². The summed E-state index contributed by atoms with van der Waals surface area (Å²) in [4.78, 5) is 12.8. The zero-order chi connectivity index (χ0) is 24.5. The van der Waals surface area contributed by atoms with Gasteiger partial charge in [0, 0.05) is 16.7 Å². The number of methoxy groups -OCH3 is 1. The number of benzene rings is 2. The van der Waals surface area contributed by atoms with E-state index < -0.39 is 0 Å². The molecule has 1 heterocycles. The minimum Gasteiger partial charge on any atom is -0.497 e. The summed E-state index contributed by atoms with van der Waals surface area (Å²) in [5.74, 6) is 2.29. The second kappa shape index (κ2) is 12.8. The normalized spacial score (nSPS) is 11.9. The van der Waals surface area contributed by atoms with E-state index in [4.69, 9.17) is 16.3 Å². The van der Waals surface area contributed by atoms with Gasteiger partial charge in [-0.2, -0.15) is 0 Å². The van der Waals surface area contributed by atoms with E-state index in [0.29, 0.717) is 23.1 Å². The summed E-state index contributed by atoms with van der Waals surface area (Å²) >= 11 is 7.92. The molecule has 0 spiro atoms. The largest absolute Gasteiger partial charge is 0.497 e. The quantitative estimate of drug-likeness (QED) is 0.293. The molecule has 1 amide bonds. The number of carbonyl (C=O) groups is 1. The van der Waals surface area contributed by atoms with Gasteiger partial charge in [0.05, 0.1) is 19.3 Å². The summed E-state index contributed by atoms with van der Waals surface area (Å²) < 4.78 is 7.34. The van der Waals surface area contributed by atoms with Crippen molar-refractivity contribution < 1.29 is 9.53 Å². The smallest absolute Gasteiger partial charge is 0.223 e. The average Bonchev–Trinajstić information content (AvgIpc) is 3.26. The number of rotatable bonds is 12. The van der Waals surface area contributed by atoms with Crippen LogP contribution < -0.4 is 10.1 Å². The Hall–Kier alpha value is -2.51. The minimum absolute atomic E-state index is 0.0196. The Balaban J connectivity index is 1.85. The van der Waals surface area contributed by atoms with E-state index in [2.05, 4.69) is 35.4 Å². The first kappa shape index (κ1) is 26.1. The fourth-order valence-electron chi connectivity index (χ4n) is 3.77. The lowest BCUT2D eigenvalue weighted by Gasteiger charge is -2.16. The van der Waals surface area contributed by atoms with E-state index in [1.165, 1.54) is 0 Å². The summed E-state index contributed by atoms with van der Waals surface area (Å²) in [5, 5.41) is 13.4. The molecule has 8 heteroatoms. The van der Waals surface area contributed by atoms with Gasteiger partial charge in [0.15, 0.2) is 11.0 Å². The molecule has 0 fully saturated rings. The summed E-state index contributed by atoms with van der Waals surface area (Å²) in [7, 11) is 1.66. The molecule has 0 aliphatic rings. The zero-order valence-corrected chi connectivity index (χ0v) is 21.9. The average molecular weight is 501 g/mol. The highest BCUT2D eigenvalue weighted by atomic mass is 35.5. The predicted octanol–water partition coefficient (Wildman–Crippen LogP) is 6.36. The molecule has 0 radical (unpaired) electrons. The Labute approximate surface area is 211 Å². The van der Waals surface area contributed by atoms with E-state index in [-0.39, 0.29) is 11.8 Å². The number of ether oxygens (including phenoxy) is 1. The summed E-state index contributed by atoms with van der Waals surface area (Å²) in [5.41, 5.74) is 3.08. The van der Waals surface area contributed by atoms with Crippen LogP contribution in [-0.2, 0) is 17.1 Å². The summed E-state index contributed by atoms with van der Waals surface area (Å²) in [6, 6.07) is 13.7. The molecule has 0 aliphatic heterocycles. The molecule has 182 valence electrons. The Kier molecular flexibility index (Phi) is 9.84. The minimum atomic E-state index is 0.0196. The third-order valence-electron chi connectivity index (χ3n) is 5.81. The van der Waals surface area contributed by atoms with Crippen LogP contribution in [0.5, 0.6) is 5.75 Å². The van der Waals surface area contributed by atoms with Gasteiger partial charge in [0.1, 0.15) is 5.75 Å².